The Morgan fingerprint density at radius 3 is 2.71 bits per heavy atom. The Bertz CT molecular complexity index is 1480. The molecule has 0 unspecified atom stereocenters. The van der Waals surface area contributed by atoms with Gasteiger partial charge in [0.1, 0.15) is 41.8 Å². The number of ether oxygens (including phenoxy) is 1. The van der Waals surface area contributed by atoms with Crippen LogP contribution in [-0.4, -0.2) is 51.0 Å². The number of hydrogen-bond donors (Lipinski definition) is 0. The second-order valence-electron chi connectivity index (χ2n) is 9.46. The Balaban J connectivity index is 1.18. The SMILES string of the molecule is C#CCOc1cccc(F)c1[C@H]1CC(c2csc(C3CCN(C(=O)Cn4nc(C(F)F)cc4C(F)F)CC3)n2)=NO1. The van der Waals surface area contributed by atoms with E-state index in [1.165, 1.54) is 28.4 Å². The summed E-state index contributed by atoms with van der Waals surface area (Å²) in [6.45, 7) is 0.143. The molecular formula is C27H24F5N5O3S. The van der Waals surface area contributed by atoms with E-state index in [4.69, 9.17) is 21.0 Å². The third kappa shape index (κ3) is 6.19. The van der Waals surface area contributed by atoms with Crippen molar-refractivity contribution in [1.29, 1.82) is 0 Å². The van der Waals surface area contributed by atoms with Crippen LogP contribution in [0.1, 0.15) is 71.8 Å². The van der Waals surface area contributed by atoms with E-state index in [1.54, 1.807) is 6.07 Å². The summed E-state index contributed by atoms with van der Waals surface area (Å²) in [6.07, 6.45) is -0.0417. The number of piperidine rings is 1. The van der Waals surface area contributed by atoms with Gasteiger partial charge in [-0.25, -0.2) is 26.9 Å². The molecule has 4 heterocycles. The molecule has 1 saturated heterocycles. The summed E-state index contributed by atoms with van der Waals surface area (Å²) < 4.78 is 73.1. The van der Waals surface area contributed by atoms with Gasteiger partial charge in [-0.1, -0.05) is 17.1 Å². The quantitative estimate of drug-likeness (QED) is 0.237. The molecule has 2 aromatic heterocycles. The van der Waals surface area contributed by atoms with E-state index in [0.717, 1.165) is 5.01 Å². The number of amides is 1. The molecule has 2 aliphatic rings. The number of benzene rings is 1. The number of halogens is 5. The number of aromatic nitrogens is 3. The molecule has 3 aromatic rings. The van der Waals surface area contributed by atoms with Crippen LogP contribution in [0.2, 0.25) is 0 Å². The fourth-order valence-electron chi connectivity index (χ4n) is 4.83. The van der Waals surface area contributed by atoms with Crippen molar-refractivity contribution in [2.75, 3.05) is 19.7 Å². The van der Waals surface area contributed by atoms with Crippen LogP contribution >= 0.6 is 11.3 Å². The maximum Gasteiger partial charge on any atom is 0.282 e. The second-order valence-corrected chi connectivity index (χ2v) is 10.3. The van der Waals surface area contributed by atoms with Gasteiger partial charge < -0.3 is 14.5 Å². The third-order valence-corrected chi connectivity index (χ3v) is 7.90. The molecule has 41 heavy (non-hydrogen) atoms. The molecule has 8 nitrogen and oxygen atoms in total. The van der Waals surface area contributed by atoms with Crippen LogP contribution in [0, 0.1) is 18.2 Å². The molecular weight excluding hydrogens is 569 g/mol. The molecule has 5 rings (SSSR count). The summed E-state index contributed by atoms with van der Waals surface area (Å²) in [7, 11) is 0. The van der Waals surface area contributed by atoms with Crippen LogP contribution in [0.4, 0.5) is 22.0 Å². The van der Waals surface area contributed by atoms with E-state index < -0.39 is 48.6 Å². The Kier molecular flexibility index (Phi) is 8.53. The molecule has 0 saturated carbocycles. The van der Waals surface area contributed by atoms with Gasteiger partial charge in [0.05, 0.1) is 16.3 Å². The third-order valence-electron chi connectivity index (χ3n) is 6.89. The zero-order chi connectivity index (χ0) is 29.1. The van der Waals surface area contributed by atoms with E-state index in [1.807, 2.05) is 5.38 Å². The highest BCUT2D eigenvalue weighted by Crippen LogP contribution is 2.38. The summed E-state index contributed by atoms with van der Waals surface area (Å²) in [6, 6.07) is 5.07. The van der Waals surface area contributed by atoms with Crippen molar-refractivity contribution in [2.24, 2.45) is 5.16 Å². The summed E-state index contributed by atoms with van der Waals surface area (Å²) in [5.74, 6) is 1.73. The molecule has 1 atom stereocenters. The van der Waals surface area contributed by atoms with Crippen LogP contribution in [0.25, 0.3) is 0 Å². The number of oxime groups is 1. The van der Waals surface area contributed by atoms with E-state index in [2.05, 4.69) is 16.2 Å². The smallest absolute Gasteiger partial charge is 0.282 e. The number of nitrogens with zero attached hydrogens (tertiary/aromatic N) is 5. The number of alkyl halides is 4. The largest absolute Gasteiger partial charge is 0.480 e. The minimum absolute atomic E-state index is 0.0175. The predicted molar refractivity (Wildman–Crippen MR) is 139 cm³/mol. The van der Waals surface area contributed by atoms with Gasteiger partial charge in [0.15, 0.2) is 6.10 Å². The van der Waals surface area contributed by atoms with Crippen LogP contribution in [-0.2, 0) is 16.2 Å². The Hall–Kier alpha value is -3.99. The number of carbonyl (C=O) groups excluding carboxylic acids is 1. The van der Waals surface area contributed by atoms with Gasteiger partial charge in [-0.3, -0.25) is 9.48 Å². The normalized spacial score (nSPS) is 17.6. The molecule has 14 heteroatoms. The minimum Gasteiger partial charge on any atom is -0.480 e. The van der Waals surface area contributed by atoms with Gasteiger partial charge in [-0.05, 0) is 31.0 Å². The average Bonchev–Trinajstić information content (AvgIpc) is 3.72. The maximum atomic E-state index is 14.6. The van der Waals surface area contributed by atoms with Gasteiger partial charge in [0.2, 0.25) is 5.91 Å². The highest BCUT2D eigenvalue weighted by molar-refractivity contribution is 7.10. The first-order chi connectivity index (χ1) is 19.7. The first kappa shape index (κ1) is 28.5. The average molecular weight is 594 g/mol. The lowest BCUT2D eigenvalue weighted by Crippen LogP contribution is -2.40. The molecule has 0 radical (unpaired) electrons. The number of rotatable bonds is 9. The number of likely N-dealkylation sites (tertiary alicyclic amines) is 1. The van der Waals surface area contributed by atoms with Crippen molar-refractivity contribution in [3.63, 3.8) is 0 Å². The first-order valence-electron chi connectivity index (χ1n) is 12.7. The van der Waals surface area contributed by atoms with Crippen molar-refractivity contribution >= 4 is 23.0 Å². The van der Waals surface area contributed by atoms with Gasteiger partial charge >= 0.3 is 0 Å². The highest BCUT2D eigenvalue weighted by Gasteiger charge is 2.32. The number of terminal acetylenes is 1. The van der Waals surface area contributed by atoms with Crippen LogP contribution < -0.4 is 4.74 Å². The standard InChI is InChI=1S/C27H24F5N5O3S/c1-2-10-39-21-5-3-4-16(28)24(21)22-12-17(35-40-22)19-14-41-27(33-19)15-6-8-36(9-7-15)23(38)13-37-20(26(31)32)11-18(34-37)25(29)30/h1,3-5,11,14-15,22,25-26H,6-10,12-13H2/t22-/m1/s1. The zero-order valence-corrected chi connectivity index (χ0v) is 22.3. The fraction of sp³-hybridized carbons (Fsp3) is 0.407. The Labute approximate surface area is 235 Å². The van der Waals surface area contributed by atoms with Crippen LogP contribution in [0.15, 0.2) is 34.8 Å². The van der Waals surface area contributed by atoms with Gasteiger partial charge in [0, 0.05) is 30.8 Å². The molecule has 0 aliphatic carbocycles. The monoisotopic (exact) mass is 593 g/mol. The topological polar surface area (TPSA) is 81.8 Å². The van der Waals surface area contributed by atoms with E-state index in [-0.39, 0.29) is 30.3 Å². The molecule has 216 valence electrons. The summed E-state index contributed by atoms with van der Waals surface area (Å²) in [5, 5.41) is 10.3. The fourth-order valence-corrected chi connectivity index (χ4v) is 5.83. The number of carbonyl (C=O) groups is 1. The van der Waals surface area contributed by atoms with Crippen molar-refractivity contribution in [3.8, 4) is 18.1 Å². The van der Waals surface area contributed by atoms with Crippen molar-refractivity contribution < 1.29 is 36.3 Å². The van der Waals surface area contributed by atoms with E-state index in [0.29, 0.717) is 48.1 Å². The molecule has 0 N–H and O–H groups in total. The first-order valence-corrected chi connectivity index (χ1v) is 13.6. The van der Waals surface area contributed by atoms with Crippen molar-refractivity contribution in [1.82, 2.24) is 19.7 Å². The van der Waals surface area contributed by atoms with Crippen LogP contribution in [0.5, 0.6) is 5.75 Å². The lowest BCUT2D eigenvalue weighted by molar-refractivity contribution is -0.133. The lowest BCUT2D eigenvalue weighted by atomic mass is 9.97. The highest BCUT2D eigenvalue weighted by atomic mass is 32.1. The zero-order valence-electron chi connectivity index (χ0n) is 21.5. The molecule has 2 aliphatic heterocycles. The van der Waals surface area contributed by atoms with Gasteiger partial charge in [-0.2, -0.15) is 5.10 Å². The van der Waals surface area contributed by atoms with Crippen molar-refractivity contribution in [2.45, 2.75) is 50.7 Å². The maximum absolute atomic E-state index is 14.6. The second kappa shape index (κ2) is 12.3. The van der Waals surface area contributed by atoms with Gasteiger partial charge in [0.25, 0.3) is 12.9 Å². The van der Waals surface area contributed by atoms with E-state index >= 15 is 0 Å². The van der Waals surface area contributed by atoms with Gasteiger partial charge in [-0.15, -0.1) is 17.8 Å². The molecule has 0 bridgehead atoms. The number of hydrogen-bond acceptors (Lipinski definition) is 7. The van der Waals surface area contributed by atoms with Crippen molar-refractivity contribution in [3.05, 3.63) is 63.1 Å². The van der Waals surface area contributed by atoms with Crippen LogP contribution in [0.3, 0.4) is 0 Å². The van der Waals surface area contributed by atoms with E-state index in [9.17, 15) is 26.7 Å². The minimum atomic E-state index is -3.03. The lowest BCUT2D eigenvalue weighted by Gasteiger charge is -2.31. The molecule has 1 aromatic carbocycles. The molecule has 1 fully saturated rings. The predicted octanol–water partition coefficient (Wildman–Crippen LogP) is 5.64. The summed E-state index contributed by atoms with van der Waals surface area (Å²) in [5.41, 5.74) is -0.0991. The summed E-state index contributed by atoms with van der Waals surface area (Å²) in [4.78, 5) is 24.5. The Morgan fingerprint density at radius 2 is 2.00 bits per heavy atom. The Morgan fingerprint density at radius 1 is 1.22 bits per heavy atom. The molecule has 1 amide bonds. The molecule has 0 spiro atoms. The summed E-state index contributed by atoms with van der Waals surface area (Å²) >= 11 is 1.44. The number of thiazole rings is 1.